The first-order valence-corrected chi connectivity index (χ1v) is 14.3. The van der Waals surface area contributed by atoms with E-state index in [0.717, 1.165) is 23.0 Å². The van der Waals surface area contributed by atoms with E-state index in [-0.39, 0.29) is 30.5 Å². The fourth-order valence-electron chi connectivity index (χ4n) is 3.63. The molecule has 0 saturated heterocycles. The molecule has 0 bridgehead atoms. The minimum Gasteiger partial charge on any atom is -0.486 e. The van der Waals surface area contributed by atoms with Crippen molar-refractivity contribution in [3.63, 3.8) is 0 Å². The van der Waals surface area contributed by atoms with Gasteiger partial charge in [0.15, 0.2) is 23.0 Å². The van der Waals surface area contributed by atoms with Crippen LogP contribution in [0, 0.1) is 10.8 Å². The van der Waals surface area contributed by atoms with Crippen LogP contribution in [-0.2, 0) is 0 Å². The Bertz CT molecular complexity index is 1080. The molecule has 220 valence electrons. The third-order valence-corrected chi connectivity index (χ3v) is 5.91. The lowest BCUT2D eigenvalue weighted by molar-refractivity contribution is 0.0163. The first-order chi connectivity index (χ1) is 18.1. The number of ether oxygens (including phenoxy) is 4. The van der Waals surface area contributed by atoms with Crippen molar-refractivity contribution in [1.82, 2.24) is 0 Å². The summed E-state index contributed by atoms with van der Waals surface area (Å²) in [6.07, 6.45) is 0.239. The Kier molecular flexibility index (Phi) is 15.7. The van der Waals surface area contributed by atoms with Crippen molar-refractivity contribution in [2.45, 2.75) is 103 Å². The molecule has 4 heteroatoms. The maximum atomic E-state index is 6.08. The Morgan fingerprint density at radius 3 is 1.33 bits per heavy atom. The number of hydrogen-bond donors (Lipinski definition) is 0. The van der Waals surface area contributed by atoms with Gasteiger partial charge in [-0.05, 0) is 35.0 Å². The summed E-state index contributed by atoms with van der Waals surface area (Å²) >= 11 is 0. The molecule has 0 aliphatic carbocycles. The molecule has 0 aromatic heterocycles. The van der Waals surface area contributed by atoms with Gasteiger partial charge in [0.2, 0.25) is 0 Å². The normalized spacial score (nSPS) is 16.6. The summed E-state index contributed by atoms with van der Waals surface area (Å²) in [4.78, 5) is 0. The molecular formula is C35H56O4. The minimum absolute atomic E-state index is 0. The Morgan fingerprint density at radius 2 is 0.872 bits per heavy atom. The highest BCUT2D eigenvalue weighted by Gasteiger charge is 2.32. The smallest absolute Gasteiger partial charge is 0.162 e. The van der Waals surface area contributed by atoms with E-state index in [1.165, 1.54) is 10.8 Å². The molecule has 3 aromatic rings. The van der Waals surface area contributed by atoms with Crippen molar-refractivity contribution in [1.29, 1.82) is 0 Å². The van der Waals surface area contributed by atoms with Crippen LogP contribution in [0.4, 0.5) is 0 Å². The van der Waals surface area contributed by atoms with Gasteiger partial charge in [-0.15, -0.1) is 0 Å². The molecule has 2 unspecified atom stereocenters. The highest BCUT2D eigenvalue weighted by atomic mass is 16.6. The van der Waals surface area contributed by atoms with E-state index < -0.39 is 0 Å². The first kappa shape index (κ1) is 36.1. The summed E-state index contributed by atoms with van der Waals surface area (Å²) in [7, 11) is 0. The molecule has 2 aliphatic heterocycles. The molecule has 0 fully saturated rings. The Balaban J connectivity index is 0.000000621. The maximum absolute atomic E-state index is 6.08. The maximum Gasteiger partial charge on any atom is 0.162 e. The van der Waals surface area contributed by atoms with Crippen molar-refractivity contribution in [2.24, 2.45) is 10.8 Å². The lowest BCUT2D eigenvalue weighted by atomic mass is 9.89. The van der Waals surface area contributed by atoms with Crippen LogP contribution in [0.25, 0.3) is 10.8 Å². The van der Waals surface area contributed by atoms with E-state index in [1.807, 2.05) is 77.9 Å². The van der Waals surface area contributed by atoms with Crippen LogP contribution in [0.5, 0.6) is 23.0 Å². The predicted octanol–water partition coefficient (Wildman–Crippen LogP) is 10.6. The van der Waals surface area contributed by atoms with Gasteiger partial charge in [-0.25, -0.2) is 0 Å². The predicted molar refractivity (Wildman–Crippen MR) is 170 cm³/mol. The molecule has 0 amide bonds. The molecule has 2 aliphatic rings. The summed E-state index contributed by atoms with van der Waals surface area (Å²) in [6, 6.07) is 20.2. The fourth-order valence-corrected chi connectivity index (χ4v) is 3.63. The van der Waals surface area contributed by atoms with Gasteiger partial charge in [-0.3, -0.25) is 0 Å². The van der Waals surface area contributed by atoms with Crippen molar-refractivity contribution in [3.8, 4) is 23.0 Å². The first-order valence-electron chi connectivity index (χ1n) is 14.3. The number of para-hydroxylation sites is 2. The van der Waals surface area contributed by atoms with Gasteiger partial charge >= 0.3 is 0 Å². The second-order valence-corrected chi connectivity index (χ2v) is 10.7. The molecule has 3 aromatic carbocycles. The number of benzene rings is 3. The van der Waals surface area contributed by atoms with Crippen LogP contribution in [0.15, 0.2) is 60.7 Å². The fraction of sp³-hybridized carbons (Fsp3) is 0.543. The molecule has 0 spiro atoms. The van der Waals surface area contributed by atoms with Crippen LogP contribution in [0.1, 0.15) is 90.5 Å². The highest BCUT2D eigenvalue weighted by molar-refractivity contribution is 5.86. The summed E-state index contributed by atoms with van der Waals surface area (Å²) in [6.45, 7) is 26.3. The molecular weight excluding hydrogens is 484 g/mol. The molecule has 2 atom stereocenters. The van der Waals surface area contributed by atoms with Gasteiger partial charge in [0, 0.05) is 10.8 Å². The van der Waals surface area contributed by atoms with E-state index in [4.69, 9.17) is 18.9 Å². The van der Waals surface area contributed by atoms with Crippen LogP contribution in [0.3, 0.4) is 0 Å². The molecule has 5 rings (SSSR count). The molecule has 0 N–H and O–H groups in total. The molecule has 0 radical (unpaired) electrons. The zero-order valence-electron chi connectivity index (χ0n) is 26.0. The van der Waals surface area contributed by atoms with Crippen LogP contribution in [0.2, 0.25) is 0 Å². The largest absolute Gasteiger partial charge is 0.486 e. The topological polar surface area (TPSA) is 36.9 Å². The number of fused-ring (bicyclic) bond motifs is 3. The minimum atomic E-state index is 0. The van der Waals surface area contributed by atoms with Crippen LogP contribution < -0.4 is 18.9 Å². The number of hydrogen-bond acceptors (Lipinski definition) is 4. The lowest BCUT2D eigenvalue weighted by Crippen LogP contribution is -2.39. The van der Waals surface area contributed by atoms with Crippen LogP contribution >= 0.6 is 0 Å². The van der Waals surface area contributed by atoms with Crippen molar-refractivity contribution < 1.29 is 18.9 Å². The van der Waals surface area contributed by atoms with E-state index in [2.05, 4.69) is 65.8 Å². The average molecular weight is 541 g/mol. The van der Waals surface area contributed by atoms with Gasteiger partial charge in [-0.1, -0.05) is 127 Å². The van der Waals surface area contributed by atoms with E-state index in [1.54, 1.807) is 0 Å². The average Bonchev–Trinajstić information content (AvgIpc) is 2.94. The standard InChI is InChI=1S/C16H18O2.C12H16O2.3C2H6.CH4/c1-16(2,3)15-10-17-13-8-11-6-4-5-7-12(11)9-14(13)18-15;1-12(2,3)11-8-13-9-6-4-5-7-10(9)14-11;3*1-2;/h4-9,15H,10H2,1-3H3;4-7,11H,8H2,1-3H3;3*1-2H3;1H4. The number of rotatable bonds is 0. The van der Waals surface area contributed by atoms with E-state index in [0.29, 0.717) is 13.2 Å². The highest BCUT2D eigenvalue weighted by Crippen LogP contribution is 2.39. The Labute approximate surface area is 240 Å². The van der Waals surface area contributed by atoms with Gasteiger partial charge in [0.1, 0.15) is 25.4 Å². The molecule has 2 heterocycles. The third-order valence-electron chi connectivity index (χ3n) is 5.91. The summed E-state index contributed by atoms with van der Waals surface area (Å²) in [5, 5.41) is 2.38. The lowest BCUT2D eigenvalue weighted by Gasteiger charge is -2.35. The Hall–Kier alpha value is -2.88. The molecule has 0 saturated carbocycles. The quantitative estimate of drug-likeness (QED) is 0.284. The van der Waals surface area contributed by atoms with Crippen LogP contribution in [-0.4, -0.2) is 25.4 Å². The zero-order chi connectivity index (χ0) is 28.9. The summed E-state index contributed by atoms with van der Waals surface area (Å²) < 4.78 is 23.4. The Morgan fingerprint density at radius 1 is 0.513 bits per heavy atom. The van der Waals surface area contributed by atoms with Gasteiger partial charge in [0.25, 0.3) is 0 Å². The van der Waals surface area contributed by atoms with Crippen molar-refractivity contribution in [2.75, 3.05) is 13.2 Å². The van der Waals surface area contributed by atoms with Gasteiger partial charge in [-0.2, -0.15) is 0 Å². The molecule has 4 nitrogen and oxygen atoms in total. The van der Waals surface area contributed by atoms with E-state index in [9.17, 15) is 0 Å². The summed E-state index contributed by atoms with van der Waals surface area (Å²) in [5.74, 6) is 3.43. The third kappa shape index (κ3) is 10.3. The second-order valence-electron chi connectivity index (χ2n) is 10.7. The monoisotopic (exact) mass is 540 g/mol. The van der Waals surface area contributed by atoms with Crippen molar-refractivity contribution in [3.05, 3.63) is 60.7 Å². The summed E-state index contributed by atoms with van der Waals surface area (Å²) in [5.41, 5.74) is 0.205. The van der Waals surface area contributed by atoms with Crippen molar-refractivity contribution >= 4 is 10.8 Å². The molecule has 39 heavy (non-hydrogen) atoms. The second kappa shape index (κ2) is 16.9. The van der Waals surface area contributed by atoms with Gasteiger partial charge < -0.3 is 18.9 Å². The van der Waals surface area contributed by atoms with Gasteiger partial charge in [0.05, 0.1) is 0 Å². The van der Waals surface area contributed by atoms with E-state index >= 15 is 0 Å². The zero-order valence-corrected chi connectivity index (χ0v) is 26.0. The SMILES string of the molecule is C.CC.CC.CC.CC(C)(C)C1COc2cc3ccccc3cc2O1.CC(C)(C)C1COc2ccccc2O1.